The maximum Gasteiger partial charge on any atom is 0.310 e. The number of piperidine rings is 1. The molecule has 7 heteroatoms. The van der Waals surface area contributed by atoms with Gasteiger partial charge < -0.3 is 5.11 Å². The lowest BCUT2D eigenvalue weighted by Crippen LogP contribution is -2.52. The summed E-state index contributed by atoms with van der Waals surface area (Å²) in [5, 5.41) is 9.21. The summed E-state index contributed by atoms with van der Waals surface area (Å²) in [6, 6.07) is 0. The second-order valence-corrected chi connectivity index (χ2v) is 7.35. The molecule has 2 saturated heterocycles. The molecule has 0 aromatic heterocycles. The number of hydrogen-bond donors (Lipinski definition) is 1. The zero-order chi connectivity index (χ0) is 13.4. The number of rotatable bonds is 3. The van der Waals surface area contributed by atoms with Gasteiger partial charge in [0, 0.05) is 26.2 Å². The number of hydrogen-bond acceptors (Lipinski definition) is 3. The molecule has 0 radical (unpaired) electrons. The predicted octanol–water partition coefficient (Wildman–Crippen LogP) is 0.514. The third-order valence-electron chi connectivity index (χ3n) is 3.90. The van der Waals surface area contributed by atoms with Crippen LogP contribution >= 0.6 is 0 Å². The maximum atomic E-state index is 12.4. The Hall–Kier alpha value is -0.660. The quantitative estimate of drug-likeness (QED) is 0.815. The van der Waals surface area contributed by atoms with Crippen LogP contribution in [0.5, 0.6) is 0 Å². The fourth-order valence-electron chi connectivity index (χ4n) is 2.65. The summed E-state index contributed by atoms with van der Waals surface area (Å²) in [7, 11) is -3.46. The Balaban J connectivity index is 2.15. The summed E-state index contributed by atoms with van der Waals surface area (Å²) in [6.45, 7) is 3.26. The zero-order valence-electron chi connectivity index (χ0n) is 10.6. The monoisotopic (exact) mass is 276 g/mol. The van der Waals surface area contributed by atoms with Crippen LogP contribution in [0.1, 0.15) is 32.6 Å². The number of carboxylic acids is 1. The molecule has 1 atom stereocenters. The molecule has 2 heterocycles. The SMILES string of the molecule is CC1(C(=O)O)CCCN(S(=O)(=O)N2CCCC2)C1. The number of aliphatic carboxylic acids is 1. The van der Waals surface area contributed by atoms with E-state index in [0.29, 0.717) is 32.5 Å². The molecule has 0 amide bonds. The van der Waals surface area contributed by atoms with Crippen molar-refractivity contribution in [3.8, 4) is 0 Å². The molecule has 104 valence electrons. The minimum atomic E-state index is -3.46. The van der Waals surface area contributed by atoms with Crippen molar-refractivity contribution in [2.45, 2.75) is 32.6 Å². The van der Waals surface area contributed by atoms with E-state index in [1.165, 1.54) is 8.61 Å². The van der Waals surface area contributed by atoms with Crippen molar-refractivity contribution in [1.82, 2.24) is 8.61 Å². The standard InChI is InChI=1S/C11H20N2O4S/c1-11(10(14)15)5-4-8-13(9-11)18(16,17)12-6-2-3-7-12/h2-9H2,1H3,(H,14,15). The highest BCUT2D eigenvalue weighted by atomic mass is 32.2. The molecule has 6 nitrogen and oxygen atoms in total. The molecule has 2 aliphatic heterocycles. The Labute approximate surface area is 108 Å². The maximum absolute atomic E-state index is 12.4. The molecular formula is C11H20N2O4S. The molecule has 2 rings (SSSR count). The summed E-state index contributed by atoms with van der Waals surface area (Å²) >= 11 is 0. The second kappa shape index (κ2) is 4.79. The van der Waals surface area contributed by atoms with Gasteiger partial charge >= 0.3 is 5.97 Å². The van der Waals surface area contributed by atoms with Crippen LogP contribution in [0.2, 0.25) is 0 Å². The Morgan fingerprint density at radius 1 is 1.11 bits per heavy atom. The molecule has 2 aliphatic rings. The summed E-state index contributed by atoms with van der Waals surface area (Å²) < 4.78 is 27.5. The van der Waals surface area contributed by atoms with Crippen molar-refractivity contribution in [1.29, 1.82) is 0 Å². The number of carbonyl (C=O) groups is 1. The van der Waals surface area contributed by atoms with Gasteiger partial charge in [0.15, 0.2) is 0 Å². The van der Waals surface area contributed by atoms with E-state index in [9.17, 15) is 18.3 Å². The molecule has 0 aromatic carbocycles. The smallest absolute Gasteiger partial charge is 0.310 e. The van der Waals surface area contributed by atoms with Crippen LogP contribution in [0.15, 0.2) is 0 Å². The average molecular weight is 276 g/mol. The molecule has 0 saturated carbocycles. The van der Waals surface area contributed by atoms with Crippen molar-refractivity contribution in [2.24, 2.45) is 5.41 Å². The van der Waals surface area contributed by atoms with E-state index in [2.05, 4.69) is 0 Å². The molecule has 0 aliphatic carbocycles. The first kappa shape index (κ1) is 13.8. The summed E-state index contributed by atoms with van der Waals surface area (Å²) in [4.78, 5) is 11.2. The van der Waals surface area contributed by atoms with E-state index in [0.717, 1.165) is 12.8 Å². The van der Waals surface area contributed by atoms with E-state index in [1.807, 2.05) is 0 Å². The van der Waals surface area contributed by atoms with Crippen molar-refractivity contribution in [3.05, 3.63) is 0 Å². The first-order valence-corrected chi connectivity index (χ1v) is 7.75. The summed E-state index contributed by atoms with van der Waals surface area (Å²) in [5.74, 6) is -0.913. The molecule has 0 aromatic rings. The summed E-state index contributed by atoms with van der Waals surface area (Å²) in [6.07, 6.45) is 2.93. The topological polar surface area (TPSA) is 77.9 Å². The van der Waals surface area contributed by atoms with Gasteiger partial charge in [-0.3, -0.25) is 4.79 Å². The van der Waals surface area contributed by atoms with Crippen molar-refractivity contribution in [2.75, 3.05) is 26.2 Å². The average Bonchev–Trinajstić information content (AvgIpc) is 2.83. The lowest BCUT2D eigenvalue weighted by atomic mass is 9.83. The van der Waals surface area contributed by atoms with Gasteiger partial charge in [-0.2, -0.15) is 17.0 Å². The third kappa shape index (κ3) is 2.39. The van der Waals surface area contributed by atoms with Crippen LogP contribution in [-0.4, -0.2) is 54.3 Å². The van der Waals surface area contributed by atoms with Gasteiger partial charge in [-0.05, 0) is 32.6 Å². The molecule has 0 bridgehead atoms. The van der Waals surface area contributed by atoms with Gasteiger partial charge in [0.25, 0.3) is 10.2 Å². The van der Waals surface area contributed by atoms with Crippen molar-refractivity contribution in [3.63, 3.8) is 0 Å². The van der Waals surface area contributed by atoms with E-state index in [-0.39, 0.29) is 6.54 Å². The van der Waals surface area contributed by atoms with E-state index in [1.54, 1.807) is 6.92 Å². The minimum absolute atomic E-state index is 0.0845. The van der Waals surface area contributed by atoms with Crippen molar-refractivity contribution >= 4 is 16.2 Å². The van der Waals surface area contributed by atoms with Crippen LogP contribution in [-0.2, 0) is 15.0 Å². The molecule has 2 fully saturated rings. The third-order valence-corrected chi connectivity index (χ3v) is 5.88. The predicted molar refractivity (Wildman–Crippen MR) is 66.3 cm³/mol. The van der Waals surface area contributed by atoms with Crippen LogP contribution in [0.3, 0.4) is 0 Å². The Bertz CT molecular complexity index is 430. The summed E-state index contributed by atoms with van der Waals surface area (Å²) in [5.41, 5.74) is -0.953. The first-order chi connectivity index (χ1) is 8.36. The minimum Gasteiger partial charge on any atom is -0.481 e. The normalized spacial score (nSPS) is 31.6. The molecule has 1 unspecified atom stereocenters. The zero-order valence-corrected chi connectivity index (χ0v) is 11.4. The molecule has 1 N–H and O–H groups in total. The largest absolute Gasteiger partial charge is 0.481 e. The van der Waals surface area contributed by atoms with E-state index in [4.69, 9.17) is 0 Å². The van der Waals surface area contributed by atoms with Gasteiger partial charge in [-0.15, -0.1) is 0 Å². The Morgan fingerprint density at radius 2 is 1.67 bits per heavy atom. The first-order valence-electron chi connectivity index (χ1n) is 6.35. The molecule has 18 heavy (non-hydrogen) atoms. The van der Waals surface area contributed by atoms with Crippen LogP contribution in [0.25, 0.3) is 0 Å². The number of carboxylic acid groups (broad SMARTS) is 1. The lowest BCUT2D eigenvalue weighted by Gasteiger charge is -2.38. The van der Waals surface area contributed by atoms with Crippen LogP contribution in [0.4, 0.5) is 0 Å². The van der Waals surface area contributed by atoms with Gasteiger partial charge in [-0.1, -0.05) is 0 Å². The Kier molecular flexibility index (Phi) is 3.66. The molecular weight excluding hydrogens is 256 g/mol. The fraction of sp³-hybridized carbons (Fsp3) is 0.909. The van der Waals surface area contributed by atoms with E-state index >= 15 is 0 Å². The van der Waals surface area contributed by atoms with Gasteiger partial charge in [0.2, 0.25) is 0 Å². The fourth-order valence-corrected chi connectivity index (χ4v) is 4.50. The van der Waals surface area contributed by atoms with Gasteiger partial charge in [-0.25, -0.2) is 0 Å². The highest BCUT2D eigenvalue weighted by Crippen LogP contribution is 2.32. The number of nitrogens with zero attached hydrogens (tertiary/aromatic N) is 2. The van der Waals surface area contributed by atoms with Gasteiger partial charge in [0.1, 0.15) is 0 Å². The second-order valence-electron chi connectivity index (χ2n) is 5.42. The van der Waals surface area contributed by atoms with Crippen LogP contribution in [0, 0.1) is 5.41 Å². The highest BCUT2D eigenvalue weighted by Gasteiger charge is 2.43. The highest BCUT2D eigenvalue weighted by molar-refractivity contribution is 7.86. The van der Waals surface area contributed by atoms with E-state index < -0.39 is 21.6 Å². The van der Waals surface area contributed by atoms with Crippen LogP contribution < -0.4 is 0 Å². The lowest BCUT2D eigenvalue weighted by molar-refractivity contribution is -0.150. The van der Waals surface area contributed by atoms with Crippen molar-refractivity contribution < 1.29 is 18.3 Å². The molecule has 0 spiro atoms. The van der Waals surface area contributed by atoms with Gasteiger partial charge in [0.05, 0.1) is 5.41 Å². The Morgan fingerprint density at radius 3 is 2.22 bits per heavy atom.